The van der Waals surface area contributed by atoms with Gasteiger partial charge >= 0.3 is 5.97 Å². The van der Waals surface area contributed by atoms with Crippen molar-refractivity contribution in [2.75, 3.05) is 11.5 Å². The first kappa shape index (κ1) is 15.1. The molecule has 1 heterocycles. The summed E-state index contributed by atoms with van der Waals surface area (Å²) >= 11 is 0. The van der Waals surface area contributed by atoms with Gasteiger partial charge in [0.2, 0.25) is 11.8 Å². The van der Waals surface area contributed by atoms with Crippen molar-refractivity contribution in [3.63, 3.8) is 0 Å². The summed E-state index contributed by atoms with van der Waals surface area (Å²) in [5, 5.41) is 0. The number of nitrogens with zero attached hydrogens (tertiary/aromatic N) is 1. The molecule has 1 aliphatic heterocycles. The fraction of sp³-hybridized carbons (Fsp3) is 0.421. The standard InChI is InChI=1S/C19H19NO4/c1-2-24-19(23)13-4-3-5-14(10-13)20-17(21)15-11-6-7-12(9-8-11)16(15)18(20)22/h3-7,10-12,15-16H,2,8-9H2,1H3/t11-,12-,15-,16+/m0/s1. The second-order valence-electron chi connectivity index (χ2n) is 6.62. The molecule has 0 radical (unpaired) electrons. The van der Waals surface area contributed by atoms with Gasteiger partial charge in [-0.2, -0.15) is 0 Å². The number of fused-ring (bicyclic) bond motifs is 1. The first-order valence-electron chi connectivity index (χ1n) is 8.45. The Morgan fingerprint density at radius 3 is 2.29 bits per heavy atom. The number of hydrogen-bond donors (Lipinski definition) is 0. The average molecular weight is 325 g/mol. The molecule has 0 unspecified atom stereocenters. The number of esters is 1. The zero-order valence-corrected chi connectivity index (χ0v) is 13.5. The molecule has 2 bridgehead atoms. The van der Waals surface area contributed by atoms with E-state index in [2.05, 4.69) is 12.2 Å². The minimum atomic E-state index is -0.447. The molecule has 124 valence electrons. The third-order valence-electron chi connectivity index (χ3n) is 5.37. The molecule has 2 fully saturated rings. The van der Waals surface area contributed by atoms with Crippen LogP contribution in [-0.2, 0) is 14.3 Å². The van der Waals surface area contributed by atoms with Crippen LogP contribution in [0.5, 0.6) is 0 Å². The van der Waals surface area contributed by atoms with E-state index in [4.69, 9.17) is 4.74 Å². The molecule has 4 aliphatic rings. The van der Waals surface area contributed by atoms with Crippen LogP contribution < -0.4 is 4.90 Å². The normalized spacial score (nSPS) is 30.6. The monoisotopic (exact) mass is 325 g/mol. The molecule has 0 spiro atoms. The number of amides is 2. The highest BCUT2D eigenvalue weighted by Gasteiger charge is 2.56. The zero-order chi connectivity index (χ0) is 16.8. The summed E-state index contributed by atoms with van der Waals surface area (Å²) in [7, 11) is 0. The summed E-state index contributed by atoms with van der Waals surface area (Å²) in [5.41, 5.74) is 0.815. The van der Waals surface area contributed by atoms with E-state index in [9.17, 15) is 14.4 Å². The molecule has 5 nitrogen and oxygen atoms in total. The van der Waals surface area contributed by atoms with Crippen LogP contribution in [0.15, 0.2) is 36.4 Å². The lowest BCUT2D eigenvalue weighted by atomic mass is 9.63. The summed E-state index contributed by atoms with van der Waals surface area (Å²) < 4.78 is 5.00. The Morgan fingerprint density at radius 2 is 1.75 bits per heavy atom. The van der Waals surface area contributed by atoms with Gasteiger partial charge in [-0.25, -0.2) is 9.69 Å². The number of hydrogen-bond acceptors (Lipinski definition) is 4. The van der Waals surface area contributed by atoms with Gasteiger partial charge in [0.05, 0.1) is 29.7 Å². The number of benzene rings is 1. The quantitative estimate of drug-likeness (QED) is 0.487. The van der Waals surface area contributed by atoms with Crippen molar-refractivity contribution in [1.29, 1.82) is 0 Å². The summed E-state index contributed by atoms with van der Waals surface area (Å²) in [5.74, 6) is -0.878. The number of carbonyl (C=O) groups excluding carboxylic acids is 3. The number of allylic oxidation sites excluding steroid dienone is 2. The zero-order valence-electron chi connectivity index (χ0n) is 13.5. The van der Waals surface area contributed by atoms with Gasteiger partial charge in [-0.15, -0.1) is 0 Å². The largest absolute Gasteiger partial charge is 0.462 e. The number of anilines is 1. The third-order valence-corrected chi connectivity index (χ3v) is 5.37. The maximum absolute atomic E-state index is 12.9. The molecule has 2 amide bonds. The highest BCUT2D eigenvalue weighted by Crippen LogP contribution is 2.50. The molecule has 1 saturated carbocycles. The Morgan fingerprint density at radius 1 is 1.12 bits per heavy atom. The van der Waals surface area contributed by atoms with E-state index in [1.165, 1.54) is 4.90 Å². The van der Waals surface area contributed by atoms with Gasteiger partial charge < -0.3 is 4.74 Å². The molecule has 5 heteroatoms. The Bertz CT molecular complexity index is 721. The second kappa shape index (κ2) is 5.58. The Labute approximate surface area is 140 Å². The van der Waals surface area contributed by atoms with Crippen LogP contribution in [0.3, 0.4) is 0 Å². The molecule has 3 aliphatic carbocycles. The van der Waals surface area contributed by atoms with Crippen LogP contribution in [-0.4, -0.2) is 24.4 Å². The molecular weight excluding hydrogens is 306 g/mol. The molecule has 1 aromatic rings. The Kier molecular flexibility index (Phi) is 3.52. The Balaban J connectivity index is 1.68. The maximum Gasteiger partial charge on any atom is 0.338 e. The molecule has 0 aromatic heterocycles. The predicted molar refractivity (Wildman–Crippen MR) is 87.2 cm³/mol. The third kappa shape index (κ3) is 2.11. The van der Waals surface area contributed by atoms with Crippen LogP contribution in [0.1, 0.15) is 30.1 Å². The first-order valence-corrected chi connectivity index (χ1v) is 8.45. The van der Waals surface area contributed by atoms with Crippen molar-refractivity contribution in [3.05, 3.63) is 42.0 Å². The van der Waals surface area contributed by atoms with Gasteiger partial charge in [0.1, 0.15) is 0 Å². The summed E-state index contributed by atoms with van der Waals surface area (Å²) in [6, 6.07) is 6.58. The van der Waals surface area contributed by atoms with Crippen molar-refractivity contribution in [3.8, 4) is 0 Å². The van der Waals surface area contributed by atoms with Crippen LogP contribution in [0, 0.1) is 23.7 Å². The Hall–Kier alpha value is -2.43. The lowest BCUT2D eigenvalue weighted by molar-refractivity contribution is -0.124. The molecule has 1 aromatic carbocycles. The van der Waals surface area contributed by atoms with Gasteiger partial charge in [-0.05, 0) is 49.8 Å². The lowest BCUT2D eigenvalue weighted by Crippen LogP contribution is -2.38. The van der Waals surface area contributed by atoms with Crippen molar-refractivity contribution in [1.82, 2.24) is 0 Å². The number of imide groups is 1. The van der Waals surface area contributed by atoms with Gasteiger partial charge in [0.25, 0.3) is 0 Å². The van der Waals surface area contributed by atoms with Crippen LogP contribution in [0.2, 0.25) is 0 Å². The van der Waals surface area contributed by atoms with Gasteiger partial charge in [0, 0.05) is 0 Å². The van der Waals surface area contributed by atoms with Crippen molar-refractivity contribution in [2.45, 2.75) is 19.8 Å². The topological polar surface area (TPSA) is 63.7 Å². The van der Waals surface area contributed by atoms with Gasteiger partial charge in [-0.3, -0.25) is 9.59 Å². The van der Waals surface area contributed by atoms with Crippen LogP contribution in [0.25, 0.3) is 0 Å². The average Bonchev–Trinajstić information content (AvgIpc) is 2.89. The summed E-state index contributed by atoms with van der Waals surface area (Å²) in [6.45, 7) is 2.02. The molecule has 0 N–H and O–H groups in total. The SMILES string of the molecule is CCOC(=O)c1cccc(N2C(=O)[C@@H]3[C@H](C2=O)[C@H]2C=C[C@H]3CC2)c1. The second-order valence-corrected chi connectivity index (χ2v) is 6.62. The molecule has 4 atom stereocenters. The summed E-state index contributed by atoms with van der Waals surface area (Å²) in [4.78, 5) is 39.0. The molecule has 24 heavy (non-hydrogen) atoms. The van der Waals surface area contributed by atoms with Crippen molar-refractivity contribution in [2.24, 2.45) is 23.7 Å². The number of rotatable bonds is 3. The van der Waals surface area contributed by atoms with E-state index >= 15 is 0 Å². The summed E-state index contributed by atoms with van der Waals surface area (Å²) in [6.07, 6.45) is 6.13. The van der Waals surface area contributed by atoms with E-state index in [-0.39, 0.29) is 42.1 Å². The predicted octanol–water partition coefficient (Wildman–Crippen LogP) is 2.56. The van der Waals surface area contributed by atoms with E-state index in [0.29, 0.717) is 11.3 Å². The first-order chi connectivity index (χ1) is 11.6. The molecular formula is C19H19NO4. The van der Waals surface area contributed by atoms with E-state index in [0.717, 1.165) is 12.8 Å². The minimum Gasteiger partial charge on any atom is -0.462 e. The fourth-order valence-corrected chi connectivity index (χ4v) is 4.32. The van der Waals surface area contributed by atoms with Crippen LogP contribution in [0.4, 0.5) is 5.69 Å². The van der Waals surface area contributed by atoms with E-state index < -0.39 is 5.97 Å². The maximum atomic E-state index is 12.9. The number of ether oxygens (including phenoxy) is 1. The highest BCUT2D eigenvalue weighted by atomic mass is 16.5. The van der Waals surface area contributed by atoms with E-state index in [1.54, 1.807) is 31.2 Å². The smallest absolute Gasteiger partial charge is 0.338 e. The molecule has 5 rings (SSSR count). The van der Waals surface area contributed by atoms with Crippen LogP contribution >= 0.6 is 0 Å². The van der Waals surface area contributed by atoms with Gasteiger partial charge in [0.15, 0.2) is 0 Å². The van der Waals surface area contributed by atoms with Crippen molar-refractivity contribution >= 4 is 23.5 Å². The van der Waals surface area contributed by atoms with Crippen molar-refractivity contribution < 1.29 is 19.1 Å². The van der Waals surface area contributed by atoms with E-state index in [1.807, 2.05) is 0 Å². The highest BCUT2D eigenvalue weighted by molar-refractivity contribution is 6.22. The fourth-order valence-electron chi connectivity index (χ4n) is 4.32. The number of carbonyl (C=O) groups is 3. The molecule has 1 saturated heterocycles. The lowest BCUT2D eigenvalue weighted by Gasteiger charge is -2.38. The minimum absolute atomic E-state index is 0.134. The van der Waals surface area contributed by atoms with Gasteiger partial charge in [-0.1, -0.05) is 18.2 Å².